The zero-order valence-corrected chi connectivity index (χ0v) is 36.9. The Hall–Kier alpha value is -3.31. The molecule has 0 saturated carbocycles. The minimum Gasteiger partial charge on any atom is -0.457 e. The second-order valence-electron chi connectivity index (χ2n) is 17.1. The molecule has 11 heteroatoms. The Labute approximate surface area is 338 Å². The number of rotatable bonds is 8. The third-order valence-corrected chi connectivity index (χ3v) is 17.0. The number of aryl methyl sites for hydroxylation is 1. The summed E-state index contributed by atoms with van der Waals surface area (Å²) in [5, 5.41) is 1.36. The minimum absolute atomic E-state index is 0.0348. The SMILES string of the molecule is C=CC[C@H]1C(=O)C(C)(C)[C@@H](OC(=O)OCc2cccc(Cl)c2)CC(=O)O[C@H](c2ccc3sc(C)nc3c2)CC=C(C)CCC[C@H](C)[C@@H]1O[Si](C)(C)C(C)(C)C. The van der Waals surface area contributed by atoms with Crippen molar-refractivity contribution in [3.63, 3.8) is 0 Å². The molecule has 0 saturated heterocycles. The number of carbonyl (C=O) groups excluding carboxylic acids is 3. The van der Waals surface area contributed by atoms with Gasteiger partial charge in [-0.1, -0.05) is 75.2 Å². The van der Waals surface area contributed by atoms with E-state index in [1.165, 1.54) is 5.57 Å². The van der Waals surface area contributed by atoms with Crippen LogP contribution in [0.4, 0.5) is 4.79 Å². The highest BCUT2D eigenvalue weighted by molar-refractivity contribution is 7.18. The van der Waals surface area contributed by atoms with Crippen molar-refractivity contribution in [3.05, 3.63) is 87.9 Å². The first kappa shape index (κ1) is 44.4. The van der Waals surface area contributed by atoms with Gasteiger partial charge in [0.25, 0.3) is 0 Å². The van der Waals surface area contributed by atoms with Gasteiger partial charge < -0.3 is 18.6 Å². The first-order valence-electron chi connectivity index (χ1n) is 19.3. The van der Waals surface area contributed by atoms with E-state index in [1.807, 2.05) is 25.1 Å². The number of benzene rings is 2. The Balaban J connectivity index is 1.76. The van der Waals surface area contributed by atoms with Crippen molar-refractivity contribution in [3.8, 4) is 0 Å². The van der Waals surface area contributed by atoms with Gasteiger partial charge >= 0.3 is 12.1 Å². The number of halogens is 1. The topological polar surface area (TPSA) is 101 Å². The maximum atomic E-state index is 15.1. The van der Waals surface area contributed by atoms with Crippen LogP contribution in [0.15, 0.2) is 66.8 Å². The lowest BCUT2D eigenvalue weighted by Gasteiger charge is -2.45. The molecule has 3 aromatic rings. The molecule has 0 N–H and O–H groups in total. The van der Waals surface area contributed by atoms with Crippen LogP contribution in [0, 0.1) is 24.2 Å². The van der Waals surface area contributed by atoms with E-state index in [0.29, 0.717) is 23.4 Å². The number of hydrogen-bond donors (Lipinski definition) is 0. The summed E-state index contributed by atoms with van der Waals surface area (Å²) in [6.45, 7) is 24.6. The molecular formula is C44H60ClNO7SSi. The van der Waals surface area contributed by atoms with Crippen molar-refractivity contribution in [2.45, 2.75) is 137 Å². The van der Waals surface area contributed by atoms with Crippen molar-refractivity contribution >= 4 is 59.4 Å². The third kappa shape index (κ3) is 11.9. The number of cyclic esters (lactones) is 1. The summed E-state index contributed by atoms with van der Waals surface area (Å²) in [4.78, 5) is 47.3. The lowest BCUT2D eigenvalue weighted by Crippen LogP contribution is -2.52. The summed E-state index contributed by atoms with van der Waals surface area (Å²) in [5.41, 5.74) is 2.17. The molecular weight excluding hydrogens is 750 g/mol. The molecule has 1 aromatic heterocycles. The molecule has 0 aliphatic carbocycles. The molecule has 0 amide bonds. The number of ketones is 1. The van der Waals surface area contributed by atoms with E-state index in [2.05, 4.69) is 65.4 Å². The van der Waals surface area contributed by atoms with Crippen molar-refractivity contribution < 1.29 is 33.0 Å². The van der Waals surface area contributed by atoms with Crippen LogP contribution in [-0.2, 0) is 34.8 Å². The molecule has 0 spiro atoms. The number of allylic oxidation sites excluding steroid dienone is 2. The maximum Gasteiger partial charge on any atom is 0.508 e. The minimum atomic E-state index is -2.37. The molecule has 4 rings (SSSR count). The third-order valence-electron chi connectivity index (χ3n) is 11.3. The lowest BCUT2D eigenvalue weighted by molar-refractivity contribution is -0.157. The van der Waals surface area contributed by atoms with Gasteiger partial charge in [-0.2, -0.15) is 0 Å². The number of Topliss-reactive ketones (excluding diaryl/α,β-unsaturated/α-hetero) is 1. The normalized spacial score (nSPS) is 23.5. The van der Waals surface area contributed by atoms with Crippen molar-refractivity contribution in [2.24, 2.45) is 17.3 Å². The second-order valence-corrected chi connectivity index (χ2v) is 23.6. The Morgan fingerprint density at radius 1 is 1.15 bits per heavy atom. The summed E-state index contributed by atoms with van der Waals surface area (Å²) in [6.07, 6.45) is 3.70. The van der Waals surface area contributed by atoms with Crippen LogP contribution >= 0.6 is 22.9 Å². The monoisotopic (exact) mass is 809 g/mol. The van der Waals surface area contributed by atoms with Gasteiger partial charge in [0.1, 0.15) is 24.6 Å². The number of esters is 1. The zero-order chi connectivity index (χ0) is 40.7. The lowest BCUT2D eigenvalue weighted by atomic mass is 9.71. The van der Waals surface area contributed by atoms with Gasteiger partial charge in [0, 0.05) is 17.4 Å². The van der Waals surface area contributed by atoms with Crippen molar-refractivity contribution in [2.75, 3.05) is 0 Å². The molecule has 0 radical (unpaired) electrons. The fourth-order valence-corrected chi connectivity index (χ4v) is 9.28. The maximum absolute atomic E-state index is 15.1. The number of carbonyl (C=O) groups is 3. The molecule has 300 valence electrons. The first-order valence-corrected chi connectivity index (χ1v) is 23.4. The van der Waals surface area contributed by atoms with Gasteiger partial charge in [0.05, 0.1) is 33.2 Å². The van der Waals surface area contributed by atoms with Gasteiger partial charge in [0.15, 0.2) is 8.32 Å². The van der Waals surface area contributed by atoms with E-state index in [4.69, 9.17) is 30.2 Å². The quantitative estimate of drug-likeness (QED) is 0.126. The van der Waals surface area contributed by atoms with E-state index in [1.54, 1.807) is 55.5 Å². The van der Waals surface area contributed by atoms with Crippen LogP contribution in [0.3, 0.4) is 0 Å². The van der Waals surface area contributed by atoms with Crippen LogP contribution in [0.2, 0.25) is 23.2 Å². The Kier molecular flexibility index (Phi) is 15.1. The predicted octanol–water partition coefficient (Wildman–Crippen LogP) is 12.3. The van der Waals surface area contributed by atoms with E-state index < -0.39 is 50.1 Å². The molecule has 1 aliphatic heterocycles. The van der Waals surface area contributed by atoms with Gasteiger partial charge in [-0.3, -0.25) is 9.59 Å². The summed E-state index contributed by atoms with van der Waals surface area (Å²) >= 11 is 7.76. The van der Waals surface area contributed by atoms with Crippen molar-refractivity contribution in [1.82, 2.24) is 4.98 Å². The van der Waals surface area contributed by atoms with Gasteiger partial charge in [-0.25, -0.2) is 9.78 Å². The number of hydrogen-bond acceptors (Lipinski definition) is 9. The standard InChI is InChI=1S/C44H60ClNO7SSi/c1-12-15-34-40(53-55(10,11)43(5,6)7)29(3)17-13-16-28(2)20-22-36(32-21-23-37-35(25-32)46-30(4)54-37)51-39(47)26-38(44(8,9)41(34)48)52-42(49)50-27-31-18-14-19-33(45)24-31/h12,14,18-21,23-25,29,34,36,38,40H,1,13,15-17,22,26-27H2,2-11H3/t29-,34+,36-,38-,40-/m0/s1. The molecule has 2 heterocycles. The fourth-order valence-electron chi connectivity index (χ4n) is 6.83. The first-order chi connectivity index (χ1) is 25.7. The largest absolute Gasteiger partial charge is 0.508 e. The summed E-state index contributed by atoms with van der Waals surface area (Å²) in [7, 11) is -2.37. The molecule has 1 aliphatic rings. The predicted molar refractivity (Wildman–Crippen MR) is 225 cm³/mol. The highest BCUT2D eigenvalue weighted by Gasteiger charge is 2.49. The molecule has 8 nitrogen and oxygen atoms in total. The van der Waals surface area contributed by atoms with Crippen LogP contribution in [0.1, 0.15) is 109 Å². The molecule has 2 aromatic carbocycles. The van der Waals surface area contributed by atoms with Crippen LogP contribution in [-0.4, -0.2) is 43.4 Å². The second kappa shape index (κ2) is 18.8. The van der Waals surface area contributed by atoms with Crippen molar-refractivity contribution in [1.29, 1.82) is 0 Å². The highest BCUT2D eigenvalue weighted by atomic mass is 35.5. The average Bonchev–Trinajstić information content (AvgIpc) is 3.48. The zero-order valence-electron chi connectivity index (χ0n) is 34.3. The Morgan fingerprint density at radius 2 is 1.87 bits per heavy atom. The molecule has 0 unspecified atom stereocenters. The Morgan fingerprint density at radius 3 is 2.55 bits per heavy atom. The molecule has 5 atom stereocenters. The van der Waals surface area contributed by atoms with Crippen LogP contribution in [0.25, 0.3) is 10.2 Å². The number of aromatic nitrogens is 1. The van der Waals surface area contributed by atoms with Crippen LogP contribution in [0.5, 0.6) is 0 Å². The van der Waals surface area contributed by atoms with Gasteiger partial charge in [-0.15, -0.1) is 17.9 Å². The Bertz CT molecular complexity index is 1860. The van der Waals surface area contributed by atoms with Gasteiger partial charge in [0.2, 0.25) is 0 Å². The van der Waals surface area contributed by atoms with Crippen LogP contribution < -0.4 is 0 Å². The summed E-state index contributed by atoms with van der Waals surface area (Å²) < 4.78 is 25.9. The number of nitrogens with zero attached hydrogens (tertiary/aromatic N) is 1. The van der Waals surface area contributed by atoms with E-state index in [9.17, 15) is 9.59 Å². The van der Waals surface area contributed by atoms with E-state index >= 15 is 4.79 Å². The molecule has 0 fully saturated rings. The van der Waals surface area contributed by atoms with E-state index in [0.717, 1.165) is 40.1 Å². The smallest absolute Gasteiger partial charge is 0.457 e. The number of fused-ring (bicyclic) bond motifs is 1. The fraction of sp³-hybridized carbons (Fsp3) is 0.545. The number of thiazole rings is 1. The number of ether oxygens (including phenoxy) is 3. The summed E-state index contributed by atoms with van der Waals surface area (Å²) in [5.74, 6) is -1.35. The van der Waals surface area contributed by atoms with E-state index in [-0.39, 0.29) is 29.8 Å². The molecule has 0 bridgehead atoms. The molecule has 55 heavy (non-hydrogen) atoms. The van der Waals surface area contributed by atoms with Gasteiger partial charge in [-0.05, 0) is 113 Å². The summed E-state index contributed by atoms with van der Waals surface area (Å²) in [6, 6.07) is 12.9. The average molecular weight is 811 g/mol. The highest BCUT2D eigenvalue weighted by Crippen LogP contribution is 2.43.